The van der Waals surface area contributed by atoms with Gasteiger partial charge in [-0.1, -0.05) is 25.1 Å². The molecule has 3 rings (SSSR count). The van der Waals surface area contributed by atoms with Crippen LogP contribution in [0.3, 0.4) is 0 Å². The largest absolute Gasteiger partial charge is 0.573 e. The quantitative estimate of drug-likeness (QED) is 0.296. The summed E-state index contributed by atoms with van der Waals surface area (Å²) in [5.41, 5.74) is 1.79. The topological polar surface area (TPSA) is 94.2 Å². The van der Waals surface area contributed by atoms with E-state index in [1.807, 2.05) is 26.6 Å². The van der Waals surface area contributed by atoms with Crippen LogP contribution in [0, 0.1) is 0 Å². The Bertz CT molecular complexity index is 1240. The Hall–Kier alpha value is -2.61. The lowest BCUT2D eigenvalue weighted by Crippen LogP contribution is -2.47. The molecule has 0 radical (unpaired) electrons. The van der Waals surface area contributed by atoms with Gasteiger partial charge in [-0.2, -0.15) is 4.31 Å². The number of ether oxygens (including phenoxy) is 2. The number of hydrogen-bond acceptors (Lipinski definition) is 6. The summed E-state index contributed by atoms with van der Waals surface area (Å²) in [4.78, 5) is 13.3. The Kier molecular flexibility index (Phi) is 9.41. The zero-order chi connectivity index (χ0) is 29.1. The first-order valence-electron chi connectivity index (χ1n) is 12.7. The molecule has 1 unspecified atom stereocenters. The summed E-state index contributed by atoms with van der Waals surface area (Å²) in [7, 11) is -6.00. The van der Waals surface area contributed by atoms with Crippen LogP contribution in [0.4, 0.5) is 13.2 Å². The van der Waals surface area contributed by atoms with Gasteiger partial charge in [0.15, 0.2) is 0 Å². The highest BCUT2D eigenvalue weighted by atomic mass is 32.2. The maximum Gasteiger partial charge on any atom is 0.573 e. The van der Waals surface area contributed by atoms with E-state index in [4.69, 9.17) is 9.26 Å². The van der Waals surface area contributed by atoms with E-state index in [-0.39, 0.29) is 29.8 Å². The number of carbonyl (C=O) groups is 1. The van der Waals surface area contributed by atoms with Gasteiger partial charge >= 0.3 is 6.36 Å². The summed E-state index contributed by atoms with van der Waals surface area (Å²) in [6, 6.07) is 11.6. The maximum absolute atomic E-state index is 13.8. The SMILES string of the molecule is CCC(C)(C(=O)NO[Si](C)(C)C)c1ccccc1S(=O)(=O)N1CCC(Oc2ccc(OC(F)(F)F)cc2)CC1. The van der Waals surface area contributed by atoms with Gasteiger partial charge in [-0.3, -0.25) is 4.79 Å². The van der Waals surface area contributed by atoms with Gasteiger partial charge in [-0.05, 0) is 81.7 Å². The van der Waals surface area contributed by atoms with Crippen LogP contribution in [-0.4, -0.2) is 52.5 Å². The van der Waals surface area contributed by atoms with Gasteiger partial charge in [0.25, 0.3) is 5.91 Å². The number of rotatable bonds is 10. The van der Waals surface area contributed by atoms with Crippen molar-refractivity contribution in [3.8, 4) is 11.5 Å². The Labute approximate surface area is 228 Å². The van der Waals surface area contributed by atoms with Crippen molar-refractivity contribution >= 4 is 24.2 Å². The fraction of sp³-hybridized carbons (Fsp3) is 0.500. The average Bonchev–Trinajstić information content (AvgIpc) is 2.87. The number of hydrogen-bond donors (Lipinski definition) is 1. The van der Waals surface area contributed by atoms with Crippen molar-refractivity contribution in [2.75, 3.05) is 13.1 Å². The third kappa shape index (κ3) is 7.96. The van der Waals surface area contributed by atoms with Crippen molar-refractivity contribution < 1.29 is 40.4 Å². The number of alkyl halides is 3. The molecule has 2 aromatic carbocycles. The summed E-state index contributed by atoms with van der Waals surface area (Å²) in [6.07, 6.45) is -3.97. The molecule has 0 aliphatic carbocycles. The predicted octanol–water partition coefficient (Wildman–Crippen LogP) is 5.37. The minimum Gasteiger partial charge on any atom is -0.490 e. The molecular formula is C26H35F3N2O6SSi. The lowest BCUT2D eigenvalue weighted by Gasteiger charge is -2.34. The first kappa shape index (κ1) is 30.9. The maximum atomic E-state index is 13.8. The van der Waals surface area contributed by atoms with E-state index in [0.717, 1.165) is 12.1 Å². The molecule has 216 valence electrons. The molecule has 8 nitrogen and oxygen atoms in total. The Morgan fingerprint density at radius 3 is 2.13 bits per heavy atom. The molecule has 1 N–H and O–H groups in total. The normalized spacial score (nSPS) is 17.3. The molecule has 1 atom stereocenters. The molecule has 1 fully saturated rings. The standard InChI is InChI=1S/C26H35F3N2O6SSi/c1-6-25(2,24(32)30-37-39(3,4)5)22-9-7-8-10-23(22)38(33,34)31-17-15-20(16-18-31)35-19-11-13-21(14-12-19)36-26(27,28)29/h7-14,20H,6,15-18H2,1-5H3,(H,30,32). The summed E-state index contributed by atoms with van der Waals surface area (Å²) in [5.74, 6) is -0.399. The molecule has 1 saturated heterocycles. The molecular weight excluding hydrogens is 553 g/mol. The van der Waals surface area contributed by atoms with Crippen molar-refractivity contribution in [1.82, 2.24) is 9.79 Å². The van der Waals surface area contributed by atoms with Crippen LogP contribution in [-0.2, 0) is 24.8 Å². The molecule has 0 aromatic heterocycles. The third-order valence-electron chi connectivity index (χ3n) is 6.52. The minimum absolute atomic E-state index is 0.0668. The fourth-order valence-electron chi connectivity index (χ4n) is 4.17. The van der Waals surface area contributed by atoms with Crippen LogP contribution in [0.1, 0.15) is 38.7 Å². The van der Waals surface area contributed by atoms with Crippen LogP contribution >= 0.6 is 0 Å². The smallest absolute Gasteiger partial charge is 0.490 e. The summed E-state index contributed by atoms with van der Waals surface area (Å²) in [5, 5.41) is 0. The number of carbonyl (C=O) groups excluding carboxylic acids is 1. The molecule has 1 heterocycles. The molecule has 0 bridgehead atoms. The monoisotopic (exact) mass is 588 g/mol. The minimum atomic E-state index is -4.78. The zero-order valence-corrected chi connectivity index (χ0v) is 24.5. The molecule has 2 aromatic rings. The number of sulfonamides is 1. The van der Waals surface area contributed by atoms with Crippen LogP contribution in [0.2, 0.25) is 19.6 Å². The summed E-state index contributed by atoms with van der Waals surface area (Å²) in [6.45, 7) is 9.69. The van der Waals surface area contributed by atoms with Crippen LogP contribution in [0.5, 0.6) is 11.5 Å². The van der Waals surface area contributed by atoms with Crippen LogP contribution in [0.15, 0.2) is 53.4 Å². The lowest BCUT2D eigenvalue weighted by molar-refractivity contribution is -0.274. The molecule has 1 amide bonds. The van der Waals surface area contributed by atoms with E-state index >= 15 is 0 Å². The van der Waals surface area contributed by atoms with Gasteiger partial charge in [0.1, 0.15) is 17.6 Å². The Morgan fingerprint density at radius 1 is 1.03 bits per heavy atom. The number of nitrogens with one attached hydrogen (secondary N) is 1. The molecule has 1 aliphatic rings. The van der Waals surface area contributed by atoms with E-state index in [2.05, 4.69) is 10.2 Å². The highest BCUT2D eigenvalue weighted by Gasteiger charge is 2.41. The second-order valence-electron chi connectivity index (χ2n) is 10.6. The predicted molar refractivity (Wildman–Crippen MR) is 142 cm³/mol. The van der Waals surface area contributed by atoms with Crippen molar-refractivity contribution in [2.24, 2.45) is 0 Å². The molecule has 1 aliphatic heterocycles. The van der Waals surface area contributed by atoms with Crippen LogP contribution < -0.4 is 15.0 Å². The van der Waals surface area contributed by atoms with Crippen molar-refractivity contribution in [3.63, 3.8) is 0 Å². The first-order valence-corrected chi connectivity index (χ1v) is 17.5. The van der Waals surface area contributed by atoms with Gasteiger partial charge in [0.2, 0.25) is 18.3 Å². The lowest BCUT2D eigenvalue weighted by atomic mass is 9.79. The number of piperidine rings is 1. The Balaban J connectivity index is 1.72. The van der Waals surface area contributed by atoms with Gasteiger partial charge in [0, 0.05) is 13.1 Å². The summed E-state index contributed by atoms with van der Waals surface area (Å²) < 4.78 is 81.3. The highest BCUT2D eigenvalue weighted by Crippen LogP contribution is 2.35. The van der Waals surface area contributed by atoms with Crippen molar-refractivity contribution in [2.45, 2.75) is 75.5 Å². The van der Waals surface area contributed by atoms with Crippen LogP contribution in [0.25, 0.3) is 0 Å². The van der Waals surface area contributed by atoms with E-state index in [1.54, 1.807) is 25.1 Å². The number of amides is 1. The highest BCUT2D eigenvalue weighted by molar-refractivity contribution is 7.89. The fourth-order valence-corrected chi connectivity index (χ4v) is 6.36. The molecule has 0 saturated carbocycles. The number of halogens is 3. The van der Waals surface area contributed by atoms with Gasteiger partial charge in [-0.15, -0.1) is 13.2 Å². The van der Waals surface area contributed by atoms with Crippen molar-refractivity contribution in [1.29, 1.82) is 0 Å². The molecule has 13 heteroatoms. The number of benzene rings is 2. The van der Waals surface area contributed by atoms with Gasteiger partial charge in [-0.25, -0.2) is 13.9 Å². The second kappa shape index (κ2) is 11.9. The van der Waals surface area contributed by atoms with Gasteiger partial charge in [0.05, 0.1) is 10.3 Å². The average molecular weight is 589 g/mol. The van der Waals surface area contributed by atoms with E-state index in [0.29, 0.717) is 30.6 Å². The first-order chi connectivity index (χ1) is 18.0. The number of nitrogens with zero attached hydrogens (tertiary/aromatic N) is 1. The van der Waals surface area contributed by atoms with E-state index in [9.17, 15) is 26.4 Å². The molecule has 39 heavy (non-hydrogen) atoms. The number of hydroxylamine groups is 1. The van der Waals surface area contributed by atoms with E-state index < -0.39 is 36.0 Å². The Morgan fingerprint density at radius 2 is 1.59 bits per heavy atom. The zero-order valence-electron chi connectivity index (χ0n) is 22.7. The van der Waals surface area contributed by atoms with E-state index in [1.165, 1.54) is 22.5 Å². The van der Waals surface area contributed by atoms with Gasteiger partial charge < -0.3 is 14.0 Å². The summed E-state index contributed by atoms with van der Waals surface area (Å²) >= 11 is 0. The second-order valence-corrected chi connectivity index (χ2v) is 16.9. The third-order valence-corrected chi connectivity index (χ3v) is 9.19. The molecule has 0 spiro atoms. The van der Waals surface area contributed by atoms with Crippen molar-refractivity contribution in [3.05, 3.63) is 54.1 Å².